The lowest BCUT2D eigenvalue weighted by Gasteiger charge is -2.20. The minimum absolute atomic E-state index is 0.0579. The van der Waals surface area contributed by atoms with Gasteiger partial charge in [0.25, 0.3) is 5.91 Å². The molecule has 0 aliphatic carbocycles. The van der Waals surface area contributed by atoms with E-state index in [0.717, 1.165) is 26.9 Å². The number of fused-ring (bicyclic) bond motifs is 1. The highest BCUT2D eigenvalue weighted by atomic mass is 32.1. The molecule has 0 fully saturated rings. The molecule has 0 N–H and O–H groups in total. The van der Waals surface area contributed by atoms with Gasteiger partial charge in [-0.2, -0.15) is 0 Å². The lowest BCUT2D eigenvalue weighted by Crippen LogP contribution is -2.34. The Labute approximate surface area is 180 Å². The molecule has 0 bridgehead atoms. The van der Waals surface area contributed by atoms with Crippen LogP contribution in [0.4, 0.5) is 5.13 Å². The molecular formula is C24H23N3O2S. The van der Waals surface area contributed by atoms with Crippen LogP contribution in [0.1, 0.15) is 22.3 Å². The molecule has 30 heavy (non-hydrogen) atoms. The van der Waals surface area contributed by atoms with Crippen molar-refractivity contribution in [3.8, 4) is 5.75 Å². The van der Waals surface area contributed by atoms with Crippen LogP contribution in [0.2, 0.25) is 0 Å². The van der Waals surface area contributed by atoms with E-state index < -0.39 is 0 Å². The predicted molar refractivity (Wildman–Crippen MR) is 121 cm³/mol. The van der Waals surface area contributed by atoms with Crippen LogP contribution in [0.5, 0.6) is 5.75 Å². The summed E-state index contributed by atoms with van der Waals surface area (Å²) in [5, 5.41) is 0.667. The Morgan fingerprint density at radius 3 is 2.73 bits per heavy atom. The van der Waals surface area contributed by atoms with E-state index in [4.69, 9.17) is 9.72 Å². The molecule has 152 valence electrons. The fraction of sp³-hybridized carbons (Fsp3) is 0.208. The molecule has 5 nitrogen and oxygen atoms in total. The number of aryl methyl sites for hydroxylation is 3. The maximum Gasteiger partial charge on any atom is 0.267 e. The van der Waals surface area contributed by atoms with E-state index >= 15 is 0 Å². The molecule has 2 aromatic heterocycles. The van der Waals surface area contributed by atoms with Crippen LogP contribution in [-0.4, -0.2) is 22.5 Å². The third-order valence-electron chi connectivity index (χ3n) is 5.02. The maximum atomic E-state index is 13.2. The average molecular weight is 418 g/mol. The number of hydrogen-bond acceptors (Lipinski definition) is 5. The first-order chi connectivity index (χ1) is 14.5. The summed E-state index contributed by atoms with van der Waals surface area (Å²) in [6.45, 7) is 6.46. The number of ether oxygens (including phenoxy) is 1. The standard InChI is InChI=1S/C24H23N3O2S/c1-16-6-4-8-20(12-16)29-15-22(28)27(14-19-7-5-11-25-13-19)24-26-23-18(3)17(2)9-10-21(23)30-24/h4-13H,14-15H2,1-3H3. The van der Waals surface area contributed by atoms with E-state index in [9.17, 15) is 4.79 Å². The first-order valence-electron chi connectivity index (χ1n) is 9.77. The Morgan fingerprint density at radius 2 is 1.97 bits per heavy atom. The summed E-state index contributed by atoms with van der Waals surface area (Å²) in [7, 11) is 0. The molecular weight excluding hydrogens is 394 g/mol. The summed E-state index contributed by atoms with van der Waals surface area (Å²) < 4.78 is 6.84. The summed E-state index contributed by atoms with van der Waals surface area (Å²) in [5.74, 6) is 0.536. The van der Waals surface area contributed by atoms with Gasteiger partial charge in [-0.3, -0.25) is 14.7 Å². The third-order valence-corrected chi connectivity index (χ3v) is 6.06. The van der Waals surface area contributed by atoms with Crippen LogP contribution in [-0.2, 0) is 11.3 Å². The Balaban J connectivity index is 1.64. The zero-order valence-corrected chi connectivity index (χ0v) is 18.1. The molecule has 0 aliphatic heterocycles. The van der Waals surface area contributed by atoms with E-state index in [0.29, 0.717) is 17.4 Å². The van der Waals surface area contributed by atoms with Crippen LogP contribution in [0.25, 0.3) is 10.2 Å². The molecule has 2 heterocycles. The average Bonchev–Trinajstić information content (AvgIpc) is 3.18. The lowest BCUT2D eigenvalue weighted by atomic mass is 10.1. The predicted octanol–water partition coefficient (Wildman–Crippen LogP) is 5.23. The van der Waals surface area contributed by atoms with Crippen molar-refractivity contribution in [1.29, 1.82) is 0 Å². The van der Waals surface area contributed by atoms with Gasteiger partial charge in [0, 0.05) is 12.4 Å². The summed E-state index contributed by atoms with van der Waals surface area (Å²) in [6, 6.07) is 15.7. The molecule has 0 spiro atoms. The number of thiazole rings is 1. The van der Waals surface area contributed by atoms with E-state index in [1.165, 1.54) is 16.9 Å². The largest absolute Gasteiger partial charge is 0.484 e. The highest BCUT2D eigenvalue weighted by Crippen LogP contribution is 2.32. The number of aromatic nitrogens is 2. The highest BCUT2D eigenvalue weighted by molar-refractivity contribution is 7.22. The van der Waals surface area contributed by atoms with Gasteiger partial charge in [0.05, 0.1) is 16.8 Å². The second kappa shape index (κ2) is 8.63. The van der Waals surface area contributed by atoms with Gasteiger partial charge in [0.15, 0.2) is 11.7 Å². The van der Waals surface area contributed by atoms with E-state index in [1.807, 2.05) is 43.3 Å². The monoisotopic (exact) mass is 417 g/mol. The van der Waals surface area contributed by atoms with Crippen molar-refractivity contribution in [2.45, 2.75) is 27.3 Å². The number of anilines is 1. The first-order valence-corrected chi connectivity index (χ1v) is 10.6. The van der Waals surface area contributed by atoms with Gasteiger partial charge in [-0.15, -0.1) is 0 Å². The topological polar surface area (TPSA) is 55.3 Å². The molecule has 4 aromatic rings. The highest BCUT2D eigenvalue weighted by Gasteiger charge is 2.22. The van der Waals surface area contributed by atoms with Crippen LogP contribution in [0.15, 0.2) is 60.9 Å². The fourth-order valence-corrected chi connectivity index (χ4v) is 4.24. The second-order valence-corrected chi connectivity index (χ2v) is 8.31. The lowest BCUT2D eigenvalue weighted by molar-refractivity contribution is -0.120. The molecule has 0 saturated heterocycles. The summed E-state index contributed by atoms with van der Waals surface area (Å²) in [6.07, 6.45) is 3.49. The van der Waals surface area contributed by atoms with Crippen molar-refractivity contribution in [3.05, 3.63) is 83.2 Å². The van der Waals surface area contributed by atoms with Crippen molar-refractivity contribution < 1.29 is 9.53 Å². The molecule has 2 aromatic carbocycles. The van der Waals surface area contributed by atoms with Crippen molar-refractivity contribution in [3.63, 3.8) is 0 Å². The number of carbonyl (C=O) groups is 1. The van der Waals surface area contributed by atoms with Crippen LogP contribution in [0.3, 0.4) is 0 Å². The maximum absolute atomic E-state index is 13.2. The molecule has 6 heteroatoms. The van der Waals surface area contributed by atoms with Crippen molar-refractivity contribution in [2.75, 3.05) is 11.5 Å². The first kappa shape index (κ1) is 20.0. The Hall–Kier alpha value is -3.25. The molecule has 0 radical (unpaired) electrons. The van der Waals surface area contributed by atoms with Crippen LogP contribution < -0.4 is 9.64 Å². The molecule has 0 aliphatic rings. The summed E-state index contributed by atoms with van der Waals surface area (Å²) in [5.41, 5.74) is 5.29. The zero-order valence-electron chi connectivity index (χ0n) is 17.3. The third kappa shape index (κ3) is 4.33. The van der Waals surface area contributed by atoms with Crippen LogP contribution in [0, 0.1) is 20.8 Å². The minimum Gasteiger partial charge on any atom is -0.484 e. The quantitative estimate of drug-likeness (QED) is 0.431. The number of hydrogen-bond donors (Lipinski definition) is 0. The van der Waals surface area contributed by atoms with E-state index in [2.05, 4.69) is 31.0 Å². The number of benzene rings is 2. The van der Waals surface area contributed by atoms with Gasteiger partial charge >= 0.3 is 0 Å². The normalized spacial score (nSPS) is 10.9. The van der Waals surface area contributed by atoms with Gasteiger partial charge in [-0.05, 0) is 67.3 Å². The Bertz CT molecular complexity index is 1190. The molecule has 1 amide bonds. The van der Waals surface area contributed by atoms with E-state index in [1.54, 1.807) is 17.3 Å². The van der Waals surface area contributed by atoms with Gasteiger partial charge in [-0.25, -0.2) is 4.98 Å². The number of pyridine rings is 1. The van der Waals surface area contributed by atoms with Gasteiger partial charge in [0.1, 0.15) is 5.75 Å². The molecule has 0 saturated carbocycles. The Kier molecular flexibility index (Phi) is 5.77. The fourth-order valence-electron chi connectivity index (χ4n) is 3.19. The summed E-state index contributed by atoms with van der Waals surface area (Å²) >= 11 is 1.52. The van der Waals surface area contributed by atoms with Crippen molar-refractivity contribution in [1.82, 2.24) is 9.97 Å². The van der Waals surface area contributed by atoms with E-state index in [-0.39, 0.29) is 12.5 Å². The smallest absolute Gasteiger partial charge is 0.267 e. The second-order valence-electron chi connectivity index (χ2n) is 7.30. The van der Waals surface area contributed by atoms with Crippen molar-refractivity contribution >= 4 is 32.6 Å². The van der Waals surface area contributed by atoms with Gasteiger partial charge in [0.2, 0.25) is 0 Å². The minimum atomic E-state index is -0.145. The van der Waals surface area contributed by atoms with Gasteiger partial charge in [-0.1, -0.05) is 35.6 Å². The zero-order chi connectivity index (χ0) is 21.1. The van der Waals surface area contributed by atoms with Crippen molar-refractivity contribution in [2.24, 2.45) is 0 Å². The van der Waals surface area contributed by atoms with Gasteiger partial charge < -0.3 is 4.74 Å². The molecule has 4 rings (SSSR count). The number of amides is 1. The number of nitrogens with zero attached hydrogens (tertiary/aromatic N) is 3. The molecule has 0 unspecified atom stereocenters. The van der Waals surface area contributed by atoms with Crippen LogP contribution >= 0.6 is 11.3 Å². The SMILES string of the molecule is Cc1cccc(OCC(=O)N(Cc2cccnc2)c2nc3c(C)c(C)ccc3s2)c1. The molecule has 0 atom stereocenters. The number of rotatable bonds is 6. The Morgan fingerprint density at radius 1 is 1.10 bits per heavy atom. The summed E-state index contributed by atoms with van der Waals surface area (Å²) in [4.78, 5) is 23.9. The number of carbonyl (C=O) groups excluding carboxylic acids is 1.